The molecule has 1 aliphatic heterocycles. The van der Waals surface area contributed by atoms with Gasteiger partial charge in [0.1, 0.15) is 0 Å². The summed E-state index contributed by atoms with van der Waals surface area (Å²) in [5.41, 5.74) is 1.07. The first-order chi connectivity index (χ1) is 12.6. The molecule has 1 unspecified atom stereocenters. The lowest BCUT2D eigenvalue weighted by Gasteiger charge is -2.17. The van der Waals surface area contributed by atoms with Crippen molar-refractivity contribution in [1.29, 1.82) is 0 Å². The molecular formula is C20H30N2O4. The molecule has 1 aromatic rings. The summed E-state index contributed by atoms with van der Waals surface area (Å²) in [7, 11) is 3.21. The summed E-state index contributed by atoms with van der Waals surface area (Å²) >= 11 is 0. The van der Waals surface area contributed by atoms with Gasteiger partial charge in [0.15, 0.2) is 11.5 Å². The molecule has 2 amide bonds. The predicted octanol–water partition coefficient (Wildman–Crippen LogP) is 2.40. The Balaban J connectivity index is 1.83. The van der Waals surface area contributed by atoms with E-state index in [0.29, 0.717) is 37.6 Å². The highest BCUT2D eigenvalue weighted by atomic mass is 16.5. The Labute approximate surface area is 155 Å². The summed E-state index contributed by atoms with van der Waals surface area (Å²) in [6.07, 6.45) is 4.26. The smallest absolute Gasteiger partial charge is 0.225 e. The van der Waals surface area contributed by atoms with Gasteiger partial charge in [-0.05, 0) is 30.5 Å². The second kappa shape index (κ2) is 10.0. The number of carbonyl (C=O) groups excluding carboxylic acids is 2. The van der Waals surface area contributed by atoms with E-state index < -0.39 is 0 Å². The summed E-state index contributed by atoms with van der Waals surface area (Å²) in [6.45, 7) is 3.94. The van der Waals surface area contributed by atoms with Crippen LogP contribution in [0.15, 0.2) is 18.2 Å². The zero-order valence-corrected chi connectivity index (χ0v) is 16.0. The Morgan fingerprint density at radius 3 is 2.69 bits per heavy atom. The number of nitrogens with zero attached hydrogens (tertiary/aromatic N) is 1. The van der Waals surface area contributed by atoms with E-state index >= 15 is 0 Å². The average Bonchev–Trinajstić information content (AvgIpc) is 3.04. The molecule has 1 atom stereocenters. The van der Waals surface area contributed by atoms with Crippen molar-refractivity contribution >= 4 is 11.8 Å². The van der Waals surface area contributed by atoms with Gasteiger partial charge in [0.25, 0.3) is 0 Å². The van der Waals surface area contributed by atoms with Crippen LogP contribution in [0.3, 0.4) is 0 Å². The van der Waals surface area contributed by atoms with Crippen molar-refractivity contribution in [1.82, 2.24) is 10.2 Å². The van der Waals surface area contributed by atoms with Gasteiger partial charge in [-0.2, -0.15) is 0 Å². The number of nitrogens with one attached hydrogen (secondary N) is 1. The molecule has 0 saturated carbocycles. The van der Waals surface area contributed by atoms with Crippen molar-refractivity contribution in [2.75, 3.05) is 33.9 Å². The fourth-order valence-corrected chi connectivity index (χ4v) is 3.20. The Kier molecular flexibility index (Phi) is 7.75. The van der Waals surface area contributed by atoms with E-state index in [-0.39, 0.29) is 17.7 Å². The monoisotopic (exact) mass is 362 g/mol. The van der Waals surface area contributed by atoms with Crippen molar-refractivity contribution in [3.05, 3.63) is 23.8 Å². The van der Waals surface area contributed by atoms with Crippen LogP contribution in [-0.4, -0.2) is 50.6 Å². The second-order valence-corrected chi connectivity index (χ2v) is 6.68. The Bertz CT molecular complexity index is 618. The van der Waals surface area contributed by atoms with Crippen LogP contribution in [0.5, 0.6) is 11.5 Å². The molecule has 0 bridgehead atoms. The Morgan fingerprint density at radius 2 is 2.00 bits per heavy atom. The van der Waals surface area contributed by atoms with Crippen molar-refractivity contribution < 1.29 is 19.1 Å². The first kappa shape index (κ1) is 20.1. The van der Waals surface area contributed by atoms with E-state index in [1.54, 1.807) is 19.1 Å². The van der Waals surface area contributed by atoms with Gasteiger partial charge in [-0.15, -0.1) is 0 Å². The number of ether oxygens (including phenoxy) is 2. The standard InChI is InChI=1S/C20H30N2O4/c1-4-5-6-10-21-20(24)16-13-19(23)22(14-16)11-9-15-7-8-17(25-2)18(12-15)26-3/h7-8,12,16H,4-6,9-11,13-14H2,1-3H3,(H,21,24). The van der Waals surface area contributed by atoms with Crippen molar-refractivity contribution in [3.8, 4) is 11.5 Å². The topological polar surface area (TPSA) is 67.9 Å². The molecule has 1 aromatic carbocycles. The van der Waals surface area contributed by atoms with E-state index in [1.807, 2.05) is 18.2 Å². The molecule has 1 fully saturated rings. The van der Waals surface area contributed by atoms with Crippen LogP contribution in [0.25, 0.3) is 0 Å². The highest BCUT2D eigenvalue weighted by Crippen LogP contribution is 2.28. The number of unbranched alkanes of at least 4 members (excludes halogenated alkanes) is 2. The molecule has 6 heteroatoms. The molecule has 6 nitrogen and oxygen atoms in total. The molecule has 0 aliphatic carbocycles. The lowest BCUT2D eigenvalue weighted by Crippen LogP contribution is -2.34. The fraction of sp³-hybridized carbons (Fsp3) is 0.600. The molecule has 1 heterocycles. The van der Waals surface area contributed by atoms with Crippen LogP contribution in [-0.2, 0) is 16.0 Å². The van der Waals surface area contributed by atoms with Gasteiger partial charge in [-0.1, -0.05) is 25.8 Å². The maximum atomic E-state index is 12.2. The molecule has 0 radical (unpaired) electrons. The number of amides is 2. The molecule has 1 aliphatic rings. The number of benzene rings is 1. The van der Waals surface area contributed by atoms with E-state index in [4.69, 9.17) is 9.47 Å². The largest absolute Gasteiger partial charge is 0.493 e. The van der Waals surface area contributed by atoms with E-state index in [1.165, 1.54) is 0 Å². The molecule has 0 aromatic heterocycles. The average molecular weight is 362 g/mol. The number of likely N-dealkylation sites (tertiary alicyclic amines) is 1. The summed E-state index contributed by atoms with van der Waals surface area (Å²) < 4.78 is 10.6. The minimum absolute atomic E-state index is 0.00284. The zero-order chi connectivity index (χ0) is 18.9. The number of hydrogen-bond donors (Lipinski definition) is 1. The van der Waals surface area contributed by atoms with Crippen LogP contribution in [0, 0.1) is 5.92 Å². The molecule has 26 heavy (non-hydrogen) atoms. The Hall–Kier alpha value is -2.24. The SMILES string of the molecule is CCCCCNC(=O)C1CC(=O)N(CCc2ccc(OC)c(OC)c2)C1. The molecular weight excluding hydrogens is 332 g/mol. The predicted molar refractivity (Wildman–Crippen MR) is 100 cm³/mol. The maximum absolute atomic E-state index is 12.2. The van der Waals surface area contributed by atoms with Crippen LogP contribution in [0.2, 0.25) is 0 Å². The lowest BCUT2D eigenvalue weighted by atomic mass is 10.1. The molecule has 144 valence electrons. The van der Waals surface area contributed by atoms with Crippen LogP contribution in [0.4, 0.5) is 0 Å². The number of rotatable bonds is 10. The van der Waals surface area contributed by atoms with Gasteiger partial charge < -0.3 is 19.7 Å². The number of carbonyl (C=O) groups is 2. The third-order valence-electron chi connectivity index (χ3n) is 4.78. The van der Waals surface area contributed by atoms with Gasteiger partial charge in [0.05, 0.1) is 20.1 Å². The maximum Gasteiger partial charge on any atom is 0.225 e. The summed E-state index contributed by atoms with van der Waals surface area (Å²) in [6, 6.07) is 5.77. The van der Waals surface area contributed by atoms with Crippen molar-refractivity contribution in [2.24, 2.45) is 5.92 Å². The first-order valence-electron chi connectivity index (χ1n) is 9.35. The first-order valence-corrected chi connectivity index (χ1v) is 9.35. The zero-order valence-electron chi connectivity index (χ0n) is 16.0. The van der Waals surface area contributed by atoms with Gasteiger partial charge in [-0.25, -0.2) is 0 Å². The highest BCUT2D eigenvalue weighted by Gasteiger charge is 2.33. The minimum Gasteiger partial charge on any atom is -0.493 e. The fourth-order valence-electron chi connectivity index (χ4n) is 3.20. The van der Waals surface area contributed by atoms with Crippen molar-refractivity contribution in [3.63, 3.8) is 0 Å². The van der Waals surface area contributed by atoms with Crippen LogP contribution in [0.1, 0.15) is 38.2 Å². The minimum atomic E-state index is -0.227. The summed E-state index contributed by atoms with van der Waals surface area (Å²) in [5.74, 6) is 1.20. The van der Waals surface area contributed by atoms with Gasteiger partial charge >= 0.3 is 0 Å². The molecule has 0 spiro atoms. The third-order valence-corrected chi connectivity index (χ3v) is 4.78. The van der Waals surface area contributed by atoms with Gasteiger partial charge in [0, 0.05) is 26.1 Å². The normalized spacial score (nSPS) is 16.7. The lowest BCUT2D eigenvalue weighted by molar-refractivity contribution is -0.129. The second-order valence-electron chi connectivity index (χ2n) is 6.68. The Morgan fingerprint density at radius 1 is 1.23 bits per heavy atom. The number of methoxy groups -OCH3 is 2. The molecule has 2 rings (SSSR count). The van der Waals surface area contributed by atoms with Crippen molar-refractivity contribution in [2.45, 2.75) is 39.0 Å². The quantitative estimate of drug-likeness (QED) is 0.649. The number of hydrogen-bond acceptors (Lipinski definition) is 4. The van der Waals surface area contributed by atoms with Crippen LogP contribution < -0.4 is 14.8 Å². The van der Waals surface area contributed by atoms with Gasteiger partial charge in [-0.3, -0.25) is 9.59 Å². The molecule has 1 saturated heterocycles. The van der Waals surface area contributed by atoms with E-state index in [9.17, 15) is 9.59 Å². The van der Waals surface area contributed by atoms with Crippen LogP contribution >= 0.6 is 0 Å². The highest BCUT2D eigenvalue weighted by molar-refractivity contribution is 5.89. The third kappa shape index (κ3) is 5.38. The summed E-state index contributed by atoms with van der Waals surface area (Å²) in [4.78, 5) is 26.2. The summed E-state index contributed by atoms with van der Waals surface area (Å²) in [5, 5.41) is 2.95. The van der Waals surface area contributed by atoms with E-state index in [2.05, 4.69) is 12.2 Å². The van der Waals surface area contributed by atoms with Gasteiger partial charge in [0.2, 0.25) is 11.8 Å². The molecule has 1 N–H and O–H groups in total. The van der Waals surface area contributed by atoms with E-state index in [0.717, 1.165) is 31.2 Å².